The first-order chi connectivity index (χ1) is 16.7. The fraction of sp³-hybridized carbons (Fsp3) is 0.679. The maximum absolute atomic E-state index is 13.5. The molecule has 7 nitrogen and oxygen atoms in total. The summed E-state index contributed by atoms with van der Waals surface area (Å²) in [6.07, 6.45) is 5.38. The van der Waals surface area contributed by atoms with Crippen LogP contribution in [0.5, 0.6) is 0 Å². The van der Waals surface area contributed by atoms with Crippen molar-refractivity contribution < 1.29 is 14.4 Å². The zero-order chi connectivity index (χ0) is 25.5. The van der Waals surface area contributed by atoms with E-state index in [1.54, 1.807) is 0 Å². The second-order valence-electron chi connectivity index (χ2n) is 11.1. The van der Waals surface area contributed by atoms with Crippen molar-refractivity contribution in [3.8, 4) is 0 Å². The molecule has 0 radical (unpaired) electrons. The zero-order valence-corrected chi connectivity index (χ0v) is 22.1. The molecule has 2 N–H and O–H groups in total. The van der Waals surface area contributed by atoms with Crippen molar-refractivity contribution in [3.63, 3.8) is 0 Å². The Balaban J connectivity index is 1.52. The number of hydrogen-bond acceptors (Lipinski definition) is 4. The highest BCUT2D eigenvalue weighted by Gasteiger charge is 2.52. The first-order valence-corrected chi connectivity index (χ1v) is 13.3. The summed E-state index contributed by atoms with van der Waals surface area (Å²) in [7, 11) is 0. The summed E-state index contributed by atoms with van der Waals surface area (Å²) in [5.74, 6) is 0.105. The monoisotopic (exact) mass is 484 g/mol. The maximum atomic E-state index is 13.5. The Labute approximate surface area is 211 Å². The van der Waals surface area contributed by atoms with Crippen LogP contribution < -0.4 is 10.6 Å². The largest absolute Gasteiger partial charge is 0.356 e. The average Bonchev–Trinajstić information content (AvgIpc) is 2.84. The van der Waals surface area contributed by atoms with E-state index in [2.05, 4.69) is 46.7 Å². The lowest BCUT2D eigenvalue weighted by atomic mass is 9.81. The highest BCUT2D eigenvalue weighted by Crippen LogP contribution is 2.34. The number of hydrogen-bond donors (Lipinski definition) is 2. The van der Waals surface area contributed by atoms with E-state index in [9.17, 15) is 14.4 Å². The third-order valence-corrected chi connectivity index (χ3v) is 7.39. The van der Waals surface area contributed by atoms with Crippen LogP contribution in [0.15, 0.2) is 30.3 Å². The summed E-state index contributed by atoms with van der Waals surface area (Å²) in [5.41, 5.74) is 0.208. The molecule has 2 saturated heterocycles. The molecule has 0 aromatic heterocycles. The van der Waals surface area contributed by atoms with E-state index in [-0.39, 0.29) is 17.7 Å². The summed E-state index contributed by atoms with van der Waals surface area (Å²) in [5, 5.41) is 6.03. The molecular weight excluding hydrogens is 440 g/mol. The van der Waals surface area contributed by atoms with E-state index in [1.165, 1.54) is 5.56 Å². The van der Waals surface area contributed by atoms with Gasteiger partial charge in [0.05, 0.1) is 0 Å². The van der Waals surface area contributed by atoms with Crippen molar-refractivity contribution in [2.75, 3.05) is 32.7 Å². The summed E-state index contributed by atoms with van der Waals surface area (Å²) >= 11 is 0. The molecule has 0 aliphatic carbocycles. The van der Waals surface area contributed by atoms with E-state index in [4.69, 9.17) is 0 Å². The molecule has 0 saturated carbocycles. The van der Waals surface area contributed by atoms with Gasteiger partial charge in [-0.05, 0) is 50.5 Å². The van der Waals surface area contributed by atoms with E-state index in [1.807, 2.05) is 31.7 Å². The molecule has 1 atom stereocenters. The van der Waals surface area contributed by atoms with Crippen molar-refractivity contribution in [2.24, 2.45) is 5.41 Å². The van der Waals surface area contributed by atoms with E-state index in [0.29, 0.717) is 32.4 Å². The number of amides is 3. The number of carbonyl (C=O) groups excluding carboxylic acids is 3. The molecule has 2 aliphatic heterocycles. The summed E-state index contributed by atoms with van der Waals surface area (Å²) in [4.78, 5) is 43.2. The van der Waals surface area contributed by atoms with E-state index >= 15 is 0 Å². The van der Waals surface area contributed by atoms with Gasteiger partial charge in [-0.3, -0.25) is 14.4 Å². The quantitative estimate of drug-likeness (QED) is 0.500. The van der Waals surface area contributed by atoms with Crippen LogP contribution in [0, 0.1) is 5.41 Å². The highest BCUT2D eigenvalue weighted by atomic mass is 16.2. The Morgan fingerprint density at radius 3 is 2.40 bits per heavy atom. The first kappa shape index (κ1) is 27.2. The van der Waals surface area contributed by atoms with Crippen LogP contribution >= 0.6 is 0 Å². The lowest BCUT2D eigenvalue weighted by Gasteiger charge is -2.51. The second-order valence-corrected chi connectivity index (χ2v) is 11.1. The van der Waals surface area contributed by atoms with Crippen LogP contribution in [0.3, 0.4) is 0 Å². The minimum absolute atomic E-state index is 0.0132. The molecule has 2 aliphatic rings. The van der Waals surface area contributed by atoms with Gasteiger partial charge >= 0.3 is 0 Å². The topological polar surface area (TPSA) is 81.8 Å². The number of carbonyl (C=O) groups is 3. The molecule has 2 fully saturated rings. The number of unbranched alkanes of at least 4 members (excludes halogenated alkanes) is 1. The van der Waals surface area contributed by atoms with Crippen molar-refractivity contribution in [1.82, 2.24) is 20.4 Å². The number of rotatable bonds is 10. The van der Waals surface area contributed by atoms with Gasteiger partial charge in [-0.1, -0.05) is 58.0 Å². The number of piperidine rings is 1. The molecule has 35 heavy (non-hydrogen) atoms. The molecule has 2 heterocycles. The van der Waals surface area contributed by atoms with Crippen molar-refractivity contribution in [2.45, 2.75) is 84.2 Å². The smallest absolute Gasteiger partial charge is 0.246 e. The van der Waals surface area contributed by atoms with Gasteiger partial charge in [0.25, 0.3) is 0 Å². The van der Waals surface area contributed by atoms with Gasteiger partial charge in [-0.2, -0.15) is 0 Å². The normalized spacial score (nSPS) is 20.7. The molecule has 194 valence electrons. The van der Waals surface area contributed by atoms with Gasteiger partial charge in [-0.15, -0.1) is 0 Å². The Morgan fingerprint density at radius 1 is 1.09 bits per heavy atom. The van der Waals surface area contributed by atoms with Crippen molar-refractivity contribution >= 4 is 17.7 Å². The van der Waals surface area contributed by atoms with Crippen molar-refractivity contribution in [1.29, 1.82) is 0 Å². The minimum Gasteiger partial charge on any atom is -0.356 e. The molecule has 3 amide bonds. The number of likely N-dealkylation sites (tertiary alicyclic amines) is 1. The Hall–Kier alpha value is -2.41. The molecule has 1 spiro atoms. The molecule has 3 rings (SSSR count). The van der Waals surface area contributed by atoms with Crippen LogP contribution in [-0.4, -0.2) is 71.8 Å². The van der Waals surface area contributed by atoms with E-state index < -0.39 is 17.0 Å². The van der Waals surface area contributed by atoms with Crippen LogP contribution in [0.1, 0.15) is 71.8 Å². The lowest BCUT2D eigenvalue weighted by molar-refractivity contribution is -0.161. The predicted octanol–water partition coefficient (Wildman–Crippen LogP) is 3.13. The lowest BCUT2D eigenvalue weighted by Crippen LogP contribution is -2.72. The third kappa shape index (κ3) is 6.84. The Bertz CT molecular complexity index is 857. The van der Waals surface area contributed by atoms with Gasteiger partial charge in [0.1, 0.15) is 11.6 Å². The first-order valence-electron chi connectivity index (χ1n) is 13.3. The second kappa shape index (κ2) is 12.0. The van der Waals surface area contributed by atoms with Crippen molar-refractivity contribution in [3.05, 3.63) is 35.9 Å². The number of benzene rings is 1. The van der Waals surface area contributed by atoms with Gasteiger partial charge < -0.3 is 20.4 Å². The van der Waals surface area contributed by atoms with Gasteiger partial charge in [0.2, 0.25) is 17.7 Å². The Morgan fingerprint density at radius 2 is 1.77 bits per heavy atom. The molecule has 1 aromatic rings. The molecule has 1 aromatic carbocycles. The summed E-state index contributed by atoms with van der Waals surface area (Å²) < 4.78 is 0. The molecular formula is C28H44N4O3. The van der Waals surface area contributed by atoms with Crippen LogP contribution in [-0.2, 0) is 20.8 Å². The van der Waals surface area contributed by atoms with Crippen LogP contribution in [0.4, 0.5) is 0 Å². The maximum Gasteiger partial charge on any atom is 0.246 e. The fourth-order valence-electron chi connectivity index (χ4n) is 5.14. The van der Waals surface area contributed by atoms with Crippen LogP contribution in [0.2, 0.25) is 0 Å². The zero-order valence-electron chi connectivity index (χ0n) is 22.1. The average molecular weight is 485 g/mol. The fourth-order valence-corrected chi connectivity index (χ4v) is 5.14. The highest BCUT2D eigenvalue weighted by molar-refractivity contribution is 6.00. The van der Waals surface area contributed by atoms with Gasteiger partial charge in [0.15, 0.2) is 0 Å². The number of nitrogens with one attached hydrogen (secondary N) is 2. The summed E-state index contributed by atoms with van der Waals surface area (Å²) in [6.45, 7) is 11.6. The molecule has 0 unspecified atom stereocenters. The SMILES string of the molecule is CCCN1C(=O)[C@H](CCCCNC(=O)C(C)(C)C)NC(=O)C12CCN(CCc1ccccc1)CC2. The number of piperazine rings is 1. The minimum atomic E-state index is -0.715. The predicted molar refractivity (Wildman–Crippen MR) is 139 cm³/mol. The van der Waals surface area contributed by atoms with Crippen LogP contribution in [0.25, 0.3) is 0 Å². The van der Waals surface area contributed by atoms with Gasteiger partial charge in [0, 0.05) is 38.1 Å². The summed E-state index contributed by atoms with van der Waals surface area (Å²) in [6, 6.07) is 10.0. The number of nitrogens with zero attached hydrogens (tertiary/aromatic N) is 2. The Kier molecular flexibility index (Phi) is 9.34. The molecule has 7 heteroatoms. The third-order valence-electron chi connectivity index (χ3n) is 7.39. The van der Waals surface area contributed by atoms with E-state index in [0.717, 1.165) is 45.3 Å². The van der Waals surface area contributed by atoms with Gasteiger partial charge in [-0.25, -0.2) is 0 Å². The molecule has 0 bridgehead atoms. The standard InChI is InChI=1S/C28H44N4O3/c1-5-18-32-24(33)23(13-9-10-17-29-25(34)27(2,3)4)30-26(35)28(32)15-20-31(21-16-28)19-14-22-11-7-6-8-12-22/h6-8,11-12,23H,5,9-10,13-21H2,1-4H3,(H,29,34)(H,30,35)/t23-/m0/s1.